The molecule has 1 atom stereocenters. The lowest BCUT2D eigenvalue weighted by Crippen LogP contribution is -2.42. The monoisotopic (exact) mass is 461 g/mol. The molecule has 1 amide bonds. The van der Waals surface area contributed by atoms with E-state index in [4.69, 9.17) is 0 Å². The SMILES string of the molecule is CC(C)(O)CCNc1c(C(=O)NCC(F)C(C)(C)O)cnn2cc(-c3cccnc3F)cc12. The minimum Gasteiger partial charge on any atom is -0.390 e. The van der Waals surface area contributed by atoms with Crippen LogP contribution in [0.1, 0.15) is 44.5 Å². The molecule has 0 spiro atoms. The van der Waals surface area contributed by atoms with E-state index in [1.165, 1.54) is 30.8 Å². The maximum atomic E-state index is 14.2. The molecule has 1 unspecified atom stereocenters. The van der Waals surface area contributed by atoms with Gasteiger partial charge in [-0.15, -0.1) is 0 Å². The van der Waals surface area contributed by atoms with Gasteiger partial charge in [-0.05, 0) is 52.3 Å². The molecule has 3 aromatic heterocycles. The minimum absolute atomic E-state index is 0.150. The summed E-state index contributed by atoms with van der Waals surface area (Å²) in [6.45, 7) is 5.93. The van der Waals surface area contributed by atoms with Crippen LogP contribution in [0.25, 0.3) is 16.6 Å². The maximum Gasteiger partial charge on any atom is 0.255 e. The molecule has 3 rings (SSSR count). The lowest BCUT2D eigenvalue weighted by atomic mass is 10.0. The lowest BCUT2D eigenvalue weighted by Gasteiger charge is -2.23. The zero-order valence-corrected chi connectivity index (χ0v) is 19.1. The van der Waals surface area contributed by atoms with E-state index in [1.54, 1.807) is 38.2 Å². The van der Waals surface area contributed by atoms with Gasteiger partial charge in [-0.2, -0.15) is 9.49 Å². The Labute approximate surface area is 190 Å². The normalized spacial score (nSPS) is 13.2. The molecule has 0 radical (unpaired) electrons. The summed E-state index contributed by atoms with van der Waals surface area (Å²) in [5.74, 6) is -1.22. The molecule has 0 saturated heterocycles. The standard InChI is InChI=1S/C23H29F2N5O3/c1-22(2,32)7-9-26-19-16(21(31)28-12-18(24)23(3,4)33)11-29-30-13-14(10-17(19)30)15-6-5-8-27-20(15)25/h5-6,8,10-11,13,18,26,32-33H,7,9,12H2,1-4H3,(H,28,31). The number of rotatable bonds is 9. The van der Waals surface area contributed by atoms with E-state index in [-0.39, 0.29) is 17.7 Å². The Kier molecular flexibility index (Phi) is 6.99. The Morgan fingerprint density at radius 3 is 2.64 bits per heavy atom. The molecule has 0 aliphatic heterocycles. The van der Waals surface area contributed by atoms with Crippen LogP contribution in [0.4, 0.5) is 14.5 Å². The van der Waals surface area contributed by atoms with Gasteiger partial charge in [-0.25, -0.2) is 13.9 Å². The third-order valence-electron chi connectivity index (χ3n) is 5.20. The highest BCUT2D eigenvalue weighted by Gasteiger charge is 2.27. The minimum atomic E-state index is -1.67. The van der Waals surface area contributed by atoms with E-state index in [1.807, 2.05) is 0 Å². The number of hydrogen-bond acceptors (Lipinski definition) is 6. The summed E-state index contributed by atoms with van der Waals surface area (Å²) in [5, 5.41) is 29.7. The van der Waals surface area contributed by atoms with Gasteiger partial charge in [-0.3, -0.25) is 4.79 Å². The third kappa shape index (κ3) is 6.02. The Bertz CT molecular complexity index is 1140. The number of alkyl halides is 1. The maximum absolute atomic E-state index is 14.2. The molecule has 3 heterocycles. The highest BCUT2D eigenvalue weighted by Crippen LogP contribution is 2.29. The van der Waals surface area contributed by atoms with E-state index >= 15 is 0 Å². The van der Waals surface area contributed by atoms with Gasteiger partial charge in [0.15, 0.2) is 0 Å². The van der Waals surface area contributed by atoms with Gasteiger partial charge in [0.05, 0.1) is 40.7 Å². The average molecular weight is 462 g/mol. The van der Waals surface area contributed by atoms with Crippen molar-refractivity contribution < 1.29 is 23.8 Å². The predicted octanol–water partition coefficient (Wildman–Crippen LogP) is 2.95. The number of aromatic nitrogens is 3. The number of carbonyl (C=O) groups is 1. The van der Waals surface area contributed by atoms with Crippen LogP contribution in [0, 0.1) is 5.95 Å². The van der Waals surface area contributed by atoms with Crippen LogP contribution in [-0.2, 0) is 0 Å². The van der Waals surface area contributed by atoms with Crippen molar-refractivity contribution in [2.75, 3.05) is 18.4 Å². The molecule has 0 aliphatic rings. The van der Waals surface area contributed by atoms with Gasteiger partial charge in [0.25, 0.3) is 5.91 Å². The number of nitrogens with zero attached hydrogens (tertiary/aromatic N) is 3. The first-order valence-corrected chi connectivity index (χ1v) is 10.6. The van der Waals surface area contributed by atoms with Crippen LogP contribution in [0.15, 0.2) is 36.8 Å². The molecule has 8 nitrogen and oxygen atoms in total. The van der Waals surface area contributed by atoms with Crippen molar-refractivity contribution in [2.24, 2.45) is 0 Å². The molecule has 3 aromatic rings. The topological polar surface area (TPSA) is 112 Å². The first-order valence-electron chi connectivity index (χ1n) is 10.6. The summed E-state index contributed by atoms with van der Waals surface area (Å²) in [4.78, 5) is 16.5. The zero-order chi connectivity index (χ0) is 24.4. The summed E-state index contributed by atoms with van der Waals surface area (Å²) in [5.41, 5.74) is -0.690. The third-order valence-corrected chi connectivity index (χ3v) is 5.20. The molecule has 10 heteroatoms. The lowest BCUT2D eigenvalue weighted by molar-refractivity contribution is -0.00177. The molecule has 0 saturated carbocycles. The fourth-order valence-corrected chi connectivity index (χ4v) is 3.18. The van der Waals surface area contributed by atoms with Crippen LogP contribution in [0.2, 0.25) is 0 Å². The van der Waals surface area contributed by atoms with E-state index in [9.17, 15) is 23.8 Å². The molecule has 4 N–H and O–H groups in total. The highest BCUT2D eigenvalue weighted by molar-refractivity contribution is 6.03. The van der Waals surface area contributed by atoms with E-state index in [2.05, 4.69) is 20.7 Å². The van der Waals surface area contributed by atoms with Gasteiger partial charge in [0.1, 0.15) is 6.17 Å². The van der Waals surface area contributed by atoms with E-state index < -0.39 is 29.2 Å². The van der Waals surface area contributed by atoms with Crippen molar-refractivity contribution in [3.8, 4) is 11.1 Å². The quantitative estimate of drug-likeness (QED) is 0.365. The molecular formula is C23H29F2N5O3. The first-order chi connectivity index (χ1) is 15.4. The smallest absolute Gasteiger partial charge is 0.255 e. The van der Waals surface area contributed by atoms with Crippen LogP contribution in [0.3, 0.4) is 0 Å². The van der Waals surface area contributed by atoms with Crippen molar-refractivity contribution in [2.45, 2.75) is 51.5 Å². The Balaban J connectivity index is 1.98. The average Bonchev–Trinajstić information content (AvgIpc) is 3.15. The first kappa shape index (κ1) is 24.5. The summed E-state index contributed by atoms with van der Waals surface area (Å²) < 4.78 is 29.8. The van der Waals surface area contributed by atoms with Crippen LogP contribution in [0.5, 0.6) is 0 Å². The second-order valence-electron chi connectivity index (χ2n) is 9.15. The molecule has 33 heavy (non-hydrogen) atoms. The number of nitrogens with one attached hydrogen (secondary N) is 2. The van der Waals surface area contributed by atoms with Crippen LogP contribution < -0.4 is 10.6 Å². The number of pyridine rings is 1. The predicted molar refractivity (Wildman–Crippen MR) is 121 cm³/mol. The number of hydrogen-bond donors (Lipinski definition) is 4. The number of amides is 1. The number of halogens is 2. The molecule has 0 bridgehead atoms. The fraction of sp³-hybridized carbons (Fsp3) is 0.435. The van der Waals surface area contributed by atoms with E-state index in [0.29, 0.717) is 29.7 Å². The van der Waals surface area contributed by atoms with Crippen molar-refractivity contribution in [1.29, 1.82) is 0 Å². The van der Waals surface area contributed by atoms with Crippen molar-refractivity contribution >= 4 is 17.1 Å². The van der Waals surface area contributed by atoms with Gasteiger partial charge in [0, 0.05) is 30.1 Å². The summed E-state index contributed by atoms with van der Waals surface area (Å²) in [6.07, 6.45) is 3.02. The van der Waals surface area contributed by atoms with Crippen molar-refractivity contribution in [1.82, 2.24) is 19.9 Å². The van der Waals surface area contributed by atoms with Crippen LogP contribution in [-0.4, -0.2) is 61.2 Å². The second kappa shape index (κ2) is 9.40. The molecule has 178 valence electrons. The van der Waals surface area contributed by atoms with E-state index in [0.717, 1.165) is 0 Å². The van der Waals surface area contributed by atoms with Crippen LogP contribution >= 0.6 is 0 Å². The van der Waals surface area contributed by atoms with Crippen molar-refractivity contribution in [3.63, 3.8) is 0 Å². The summed E-state index contributed by atoms with van der Waals surface area (Å²) >= 11 is 0. The van der Waals surface area contributed by atoms with Gasteiger partial charge >= 0.3 is 0 Å². The fourth-order valence-electron chi connectivity index (χ4n) is 3.18. The molecular weight excluding hydrogens is 432 g/mol. The molecule has 0 aromatic carbocycles. The molecule has 0 aliphatic carbocycles. The number of anilines is 1. The number of carbonyl (C=O) groups excluding carboxylic acids is 1. The number of aliphatic hydroxyl groups is 2. The Morgan fingerprint density at radius 2 is 2.00 bits per heavy atom. The largest absolute Gasteiger partial charge is 0.390 e. The highest BCUT2D eigenvalue weighted by atomic mass is 19.1. The van der Waals surface area contributed by atoms with Gasteiger partial charge in [0.2, 0.25) is 5.95 Å². The second-order valence-corrected chi connectivity index (χ2v) is 9.15. The summed E-state index contributed by atoms with van der Waals surface area (Å²) in [7, 11) is 0. The Morgan fingerprint density at radius 1 is 1.27 bits per heavy atom. The summed E-state index contributed by atoms with van der Waals surface area (Å²) in [6, 6.07) is 4.88. The Hall–Kier alpha value is -3.11. The number of fused-ring (bicyclic) bond motifs is 1. The zero-order valence-electron chi connectivity index (χ0n) is 19.1. The van der Waals surface area contributed by atoms with Gasteiger partial charge < -0.3 is 20.8 Å². The van der Waals surface area contributed by atoms with Crippen molar-refractivity contribution in [3.05, 3.63) is 48.3 Å². The van der Waals surface area contributed by atoms with Gasteiger partial charge in [-0.1, -0.05) is 0 Å². The molecule has 0 fully saturated rings.